The molecule has 1 N–H and O–H groups in total. The summed E-state index contributed by atoms with van der Waals surface area (Å²) in [5.41, 5.74) is 1.06. The largest absolute Gasteiger partial charge is 0.335 e. The van der Waals surface area contributed by atoms with Gasteiger partial charge in [0.15, 0.2) is 0 Å². The van der Waals surface area contributed by atoms with Gasteiger partial charge in [-0.1, -0.05) is 18.5 Å². The van der Waals surface area contributed by atoms with Crippen LogP contribution in [0, 0.1) is 6.92 Å². The maximum Gasteiger partial charge on any atom is 0.258 e. The Morgan fingerprint density at radius 1 is 1.35 bits per heavy atom. The summed E-state index contributed by atoms with van der Waals surface area (Å²) < 4.78 is 0. The Kier molecular flexibility index (Phi) is 5.68. The molecule has 0 aliphatic heterocycles. The maximum atomic E-state index is 12.7. The second kappa shape index (κ2) is 7.97. The topological polar surface area (TPSA) is 79.0 Å². The third-order valence-electron chi connectivity index (χ3n) is 3.90. The average molecular weight is 391 g/mol. The lowest BCUT2D eigenvalue weighted by Gasteiger charge is -2.21. The van der Waals surface area contributed by atoms with E-state index in [9.17, 15) is 9.59 Å². The summed E-state index contributed by atoms with van der Waals surface area (Å²) in [6.07, 6.45) is 1.06. The Balaban J connectivity index is 1.84. The van der Waals surface area contributed by atoms with Crippen molar-refractivity contribution >= 4 is 39.7 Å². The van der Waals surface area contributed by atoms with Gasteiger partial charge in [-0.3, -0.25) is 9.59 Å². The van der Waals surface area contributed by atoms with Crippen LogP contribution >= 0.6 is 22.9 Å². The van der Waals surface area contributed by atoms with Gasteiger partial charge in [0.2, 0.25) is 5.91 Å². The summed E-state index contributed by atoms with van der Waals surface area (Å²) in [4.78, 5) is 38.2. The Bertz CT molecular complexity index is 998. The lowest BCUT2D eigenvalue weighted by Crippen LogP contribution is -2.34. The molecule has 2 heterocycles. The molecule has 0 unspecified atom stereocenters. The van der Waals surface area contributed by atoms with Crippen molar-refractivity contribution in [1.29, 1.82) is 0 Å². The number of fused-ring (bicyclic) bond motifs is 1. The summed E-state index contributed by atoms with van der Waals surface area (Å²) in [6, 6.07) is 4.95. The number of amides is 1. The highest BCUT2D eigenvalue weighted by Gasteiger charge is 2.17. The van der Waals surface area contributed by atoms with E-state index in [4.69, 9.17) is 11.6 Å². The fraction of sp³-hybridized carbons (Fsp3) is 0.333. The number of carbonyl (C=O) groups excluding carboxylic acids is 1. The van der Waals surface area contributed by atoms with E-state index in [-0.39, 0.29) is 24.4 Å². The standard InChI is InChI=1S/C18H19ClN4O2S/c1-3-6-23(17(24)8-13-10-26-11(2)20-13)9-16-21-15-7-12(19)4-5-14(15)18(25)22-16/h4-5,7,10H,3,6,8-9H2,1-2H3,(H,21,22,25). The zero-order valence-corrected chi connectivity index (χ0v) is 16.2. The van der Waals surface area contributed by atoms with Gasteiger partial charge >= 0.3 is 0 Å². The Labute approximate surface area is 159 Å². The SMILES string of the molecule is CCCN(Cc1nc2cc(Cl)ccc2c(=O)[nH]1)C(=O)Cc1csc(C)n1. The molecule has 0 aliphatic carbocycles. The summed E-state index contributed by atoms with van der Waals surface area (Å²) >= 11 is 7.52. The first-order valence-corrected chi connectivity index (χ1v) is 9.59. The lowest BCUT2D eigenvalue weighted by molar-refractivity contribution is -0.131. The zero-order valence-electron chi connectivity index (χ0n) is 14.6. The third-order valence-corrected chi connectivity index (χ3v) is 4.96. The first-order valence-electron chi connectivity index (χ1n) is 8.33. The highest BCUT2D eigenvalue weighted by Crippen LogP contribution is 2.15. The fourth-order valence-corrected chi connectivity index (χ4v) is 3.51. The molecule has 3 aromatic rings. The third kappa shape index (κ3) is 4.28. The van der Waals surface area contributed by atoms with Gasteiger partial charge in [-0.2, -0.15) is 0 Å². The van der Waals surface area contributed by atoms with Crippen LogP contribution in [0.1, 0.15) is 29.9 Å². The quantitative estimate of drug-likeness (QED) is 0.700. The Hall–Kier alpha value is -2.25. The van der Waals surface area contributed by atoms with Crippen molar-refractivity contribution in [3.05, 3.63) is 55.5 Å². The van der Waals surface area contributed by atoms with Crippen LogP contribution in [0.4, 0.5) is 0 Å². The van der Waals surface area contributed by atoms with Crippen molar-refractivity contribution in [2.45, 2.75) is 33.2 Å². The van der Waals surface area contributed by atoms with Gasteiger partial charge in [0, 0.05) is 16.9 Å². The molecule has 1 amide bonds. The molecule has 1 aromatic carbocycles. The molecule has 0 radical (unpaired) electrons. The average Bonchev–Trinajstić information content (AvgIpc) is 2.99. The molecule has 0 saturated carbocycles. The van der Waals surface area contributed by atoms with Gasteiger partial charge in [-0.15, -0.1) is 11.3 Å². The molecule has 2 aromatic heterocycles. The van der Waals surface area contributed by atoms with Crippen LogP contribution in [0.3, 0.4) is 0 Å². The lowest BCUT2D eigenvalue weighted by atomic mass is 10.2. The van der Waals surface area contributed by atoms with Crippen molar-refractivity contribution in [3.8, 4) is 0 Å². The molecule has 136 valence electrons. The van der Waals surface area contributed by atoms with E-state index in [0.29, 0.717) is 28.3 Å². The number of rotatable bonds is 6. The molecule has 0 bridgehead atoms. The molecule has 26 heavy (non-hydrogen) atoms. The van der Waals surface area contributed by atoms with Gasteiger partial charge in [-0.05, 0) is 31.5 Å². The minimum atomic E-state index is -0.235. The predicted octanol–water partition coefficient (Wildman–Crippen LogP) is 3.32. The van der Waals surface area contributed by atoms with Crippen LogP contribution in [0.25, 0.3) is 10.9 Å². The first kappa shape index (κ1) is 18.5. The monoisotopic (exact) mass is 390 g/mol. The predicted molar refractivity (Wildman–Crippen MR) is 104 cm³/mol. The summed E-state index contributed by atoms with van der Waals surface area (Å²) in [6.45, 7) is 4.74. The number of benzene rings is 1. The van der Waals surface area contributed by atoms with E-state index >= 15 is 0 Å². The number of hydrogen-bond donors (Lipinski definition) is 1. The Morgan fingerprint density at radius 2 is 2.15 bits per heavy atom. The number of H-pyrrole nitrogens is 1. The zero-order chi connectivity index (χ0) is 18.7. The first-order chi connectivity index (χ1) is 12.5. The number of nitrogens with one attached hydrogen (secondary N) is 1. The number of halogens is 1. The van der Waals surface area contributed by atoms with Gasteiger partial charge in [0.25, 0.3) is 5.56 Å². The summed E-state index contributed by atoms with van der Waals surface area (Å²) in [5, 5.41) is 3.83. The highest BCUT2D eigenvalue weighted by atomic mass is 35.5. The van der Waals surface area contributed by atoms with Crippen LogP contribution in [-0.2, 0) is 17.8 Å². The molecule has 0 fully saturated rings. The number of thiazole rings is 1. The number of aryl methyl sites for hydroxylation is 1. The van der Waals surface area contributed by atoms with E-state index in [0.717, 1.165) is 17.1 Å². The Morgan fingerprint density at radius 3 is 2.85 bits per heavy atom. The van der Waals surface area contributed by atoms with Gasteiger partial charge in [0.1, 0.15) is 5.82 Å². The van der Waals surface area contributed by atoms with Crippen LogP contribution in [-0.4, -0.2) is 32.3 Å². The van der Waals surface area contributed by atoms with E-state index < -0.39 is 0 Å². The van der Waals surface area contributed by atoms with Crippen LogP contribution in [0.5, 0.6) is 0 Å². The maximum absolute atomic E-state index is 12.7. The molecule has 0 atom stereocenters. The molecular formula is C18H19ClN4O2S. The van der Waals surface area contributed by atoms with Crippen molar-refractivity contribution in [2.24, 2.45) is 0 Å². The van der Waals surface area contributed by atoms with Crippen molar-refractivity contribution in [1.82, 2.24) is 19.9 Å². The van der Waals surface area contributed by atoms with Crippen LogP contribution < -0.4 is 5.56 Å². The number of aromatic amines is 1. The van der Waals surface area contributed by atoms with Crippen molar-refractivity contribution in [2.75, 3.05) is 6.54 Å². The highest BCUT2D eigenvalue weighted by molar-refractivity contribution is 7.09. The molecule has 0 spiro atoms. The van der Waals surface area contributed by atoms with E-state index in [1.165, 1.54) is 11.3 Å². The number of carbonyl (C=O) groups is 1. The van der Waals surface area contributed by atoms with Crippen LogP contribution in [0.15, 0.2) is 28.4 Å². The number of aromatic nitrogens is 3. The normalized spacial score (nSPS) is 11.0. The summed E-state index contributed by atoms with van der Waals surface area (Å²) in [5.74, 6) is 0.409. The fourth-order valence-electron chi connectivity index (χ4n) is 2.73. The van der Waals surface area contributed by atoms with E-state index in [2.05, 4.69) is 15.0 Å². The molecule has 0 aliphatic rings. The van der Waals surface area contributed by atoms with Gasteiger partial charge < -0.3 is 9.88 Å². The van der Waals surface area contributed by atoms with Gasteiger partial charge in [-0.25, -0.2) is 9.97 Å². The number of nitrogens with zero attached hydrogens (tertiary/aromatic N) is 3. The molecule has 3 rings (SSSR count). The molecule has 6 nitrogen and oxygen atoms in total. The minimum absolute atomic E-state index is 0.0361. The molecule has 8 heteroatoms. The van der Waals surface area contributed by atoms with Crippen molar-refractivity contribution < 1.29 is 4.79 Å². The van der Waals surface area contributed by atoms with Gasteiger partial charge in [0.05, 0.1) is 34.6 Å². The molecule has 0 saturated heterocycles. The molecular weight excluding hydrogens is 372 g/mol. The second-order valence-electron chi connectivity index (χ2n) is 6.02. The van der Waals surface area contributed by atoms with E-state index in [1.807, 2.05) is 19.2 Å². The van der Waals surface area contributed by atoms with E-state index in [1.54, 1.807) is 23.1 Å². The summed E-state index contributed by atoms with van der Waals surface area (Å²) in [7, 11) is 0. The van der Waals surface area contributed by atoms with Crippen LogP contribution in [0.2, 0.25) is 5.02 Å². The minimum Gasteiger partial charge on any atom is -0.335 e. The number of hydrogen-bond acceptors (Lipinski definition) is 5. The smallest absolute Gasteiger partial charge is 0.258 e. The second-order valence-corrected chi connectivity index (χ2v) is 7.52. The van der Waals surface area contributed by atoms with Crippen molar-refractivity contribution in [3.63, 3.8) is 0 Å².